The highest BCUT2D eigenvalue weighted by Crippen LogP contribution is 2.39. The Hall–Kier alpha value is -3.72. The highest BCUT2D eigenvalue weighted by Gasteiger charge is 2.55. The van der Waals surface area contributed by atoms with Crippen LogP contribution in [0, 0.1) is 0 Å². The summed E-state index contributed by atoms with van der Waals surface area (Å²) in [7, 11) is -3.60. The van der Waals surface area contributed by atoms with Gasteiger partial charge in [0.15, 0.2) is 0 Å². The van der Waals surface area contributed by atoms with Gasteiger partial charge in [-0.05, 0) is 62.9 Å². The second-order valence-corrected chi connectivity index (χ2v) is 12.1. The highest BCUT2D eigenvalue weighted by molar-refractivity contribution is 7.92. The molecule has 0 saturated carbocycles. The Bertz CT molecular complexity index is 1420. The van der Waals surface area contributed by atoms with E-state index in [0.717, 1.165) is 43.2 Å². The zero-order chi connectivity index (χ0) is 29.6. The Kier molecular flexibility index (Phi) is 7.58. The molecule has 0 bridgehead atoms. The van der Waals surface area contributed by atoms with Crippen molar-refractivity contribution in [2.24, 2.45) is 0 Å². The summed E-state index contributed by atoms with van der Waals surface area (Å²) in [5.41, 5.74) is -6.65. The fourth-order valence-electron chi connectivity index (χ4n) is 4.68. The molecular weight excluding hydrogens is 553 g/mol. The van der Waals surface area contributed by atoms with Crippen molar-refractivity contribution < 1.29 is 36.0 Å². The zero-order valence-corrected chi connectivity index (χ0v) is 23.1. The number of alkyl halides is 3. The molecule has 0 spiro atoms. The molecule has 216 valence electrons. The number of nitrogens with one attached hydrogen (secondary N) is 1. The van der Waals surface area contributed by atoms with E-state index in [1.807, 2.05) is 7.05 Å². The number of urea groups is 1. The minimum Gasteiger partial charge on any atom is -0.354 e. The number of halogens is 3. The van der Waals surface area contributed by atoms with Crippen LogP contribution in [-0.2, 0) is 19.4 Å². The summed E-state index contributed by atoms with van der Waals surface area (Å²) in [4.78, 5) is 49.1. The van der Waals surface area contributed by atoms with Gasteiger partial charge in [-0.15, -0.1) is 0 Å². The molecule has 1 aromatic carbocycles. The molecule has 2 fully saturated rings. The third kappa shape index (κ3) is 5.22. The van der Waals surface area contributed by atoms with Crippen LogP contribution in [0.3, 0.4) is 0 Å². The molecule has 15 heteroatoms. The van der Waals surface area contributed by atoms with Gasteiger partial charge in [0, 0.05) is 39.3 Å². The number of rotatable bonds is 6. The molecule has 40 heavy (non-hydrogen) atoms. The van der Waals surface area contributed by atoms with E-state index in [-0.39, 0.29) is 5.69 Å². The number of carbonyl (C=O) groups is 3. The monoisotopic (exact) mass is 582 g/mol. The second kappa shape index (κ2) is 10.4. The average Bonchev–Trinajstić information content (AvgIpc) is 3.05. The summed E-state index contributed by atoms with van der Waals surface area (Å²) in [6.07, 6.45) is 0.457. The maximum absolute atomic E-state index is 13.7. The first-order valence-electron chi connectivity index (χ1n) is 12.3. The fraction of sp³-hybridized carbons (Fsp3) is 0.440. The lowest BCUT2D eigenvalue weighted by atomic mass is 10.0. The summed E-state index contributed by atoms with van der Waals surface area (Å²) in [6, 6.07) is 5.79. The van der Waals surface area contributed by atoms with Gasteiger partial charge >= 0.3 is 11.5 Å². The number of likely N-dealkylation sites (N-methyl/N-ethyl adjacent to an activating group) is 1. The van der Waals surface area contributed by atoms with Gasteiger partial charge < -0.3 is 15.1 Å². The normalized spacial score (nSPS) is 19.2. The van der Waals surface area contributed by atoms with Crippen LogP contribution in [0.1, 0.15) is 32.5 Å². The van der Waals surface area contributed by atoms with Crippen molar-refractivity contribution >= 4 is 39.2 Å². The number of pyridine rings is 1. The van der Waals surface area contributed by atoms with Gasteiger partial charge in [0.05, 0.1) is 10.6 Å². The molecule has 2 aliphatic rings. The van der Waals surface area contributed by atoms with E-state index < -0.39 is 49.8 Å². The van der Waals surface area contributed by atoms with Crippen LogP contribution in [0.5, 0.6) is 0 Å². The van der Waals surface area contributed by atoms with Crippen LogP contribution in [-0.4, -0.2) is 85.3 Å². The number of carbonyl (C=O) groups excluding carboxylic acids is 3. The first-order chi connectivity index (χ1) is 18.6. The van der Waals surface area contributed by atoms with Crippen LogP contribution in [0.2, 0.25) is 0 Å². The summed E-state index contributed by atoms with van der Waals surface area (Å²) in [6.45, 7) is 7.32. The Morgan fingerprint density at radius 1 is 1.05 bits per heavy atom. The van der Waals surface area contributed by atoms with Gasteiger partial charge in [0.25, 0.3) is 15.7 Å². The molecule has 11 nitrogen and oxygen atoms in total. The van der Waals surface area contributed by atoms with Gasteiger partial charge in [-0.1, -0.05) is 0 Å². The predicted molar refractivity (Wildman–Crippen MR) is 139 cm³/mol. The lowest BCUT2D eigenvalue weighted by Gasteiger charge is -2.37. The SMILES string of the molecule is CC(=O)NC(c1ccnc(N2CCN(C)CC2)c1)N1C(=O)N(c2ccc(S(=O)(=O)C(F)(F)F)cc2)C(=O)C1(C)C. The van der Waals surface area contributed by atoms with E-state index in [9.17, 15) is 36.0 Å². The molecular formula is C25H29F3N6O5S. The fourth-order valence-corrected chi connectivity index (χ4v) is 5.44. The molecule has 0 aliphatic carbocycles. The molecule has 2 aromatic rings. The number of anilines is 2. The van der Waals surface area contributed by atoms with Gasteiger partial charge in [0.1, 0.15) is 17.5 Å². The topological polar surface area (TPSA) is 123 Å². The van der Waals surface area contributed by atoms with E-state index in [1.54, 1.807) is 18.3 Å². The molecule has 0 radical (unpaired) electrons. The number of piperazine rings is 1. The molecule has 1 N–H and O–H groups in total. The van der Waals surface area contributed by atoms with E-state index in [2.05, 4.69) is 20.1 Å². The van der Waals surface area contributed by atoms with E-state index >= 15 is 0 Å². The minimum absolute atomic E-state index is 0.124. The maximum atomic E-state index is 13.7. The molecule has 4 amide bonds. The Balaban J connectivity index is 1.70. The number of amides is 4. The predicted octanol–water partition coefficient (Wildman–Crippen LogP) is 2.51. The summed E-state index contributed by atoms with van der Waals surface area (Å²) < 4.78 is 62.4. The van der Waals surface area contributed by atoms with Crippen molar-refractivity contribution in [3.8, 4) is 0 Å². The van der Waals surface area contributed by atoms with Gasteiger partial charge in [-0.3, -0.25) is 14.5 Å². The molecule has 2 aliphatic heterocycles. The van der Waals surface area contributed by atoms with Crippen molar-refractivity contribution in [3.63, 3.8) is 0 Å². The average molecular weight is 583 g/mol. The third-order valence-electron chi connectivity index (χ3n) is 6.95. The van der Waals surface area contributed by atoms with Gasteiger partial charge in [0.2, 0.25) is 5.91 Å². The molecule has 1 unspecified atom stereocenters. The molecule has 1 atom stereocenters. The number of imide groups is 1. The quantitative estimate of drug-likeness (QED) is 0.516. The van der Waals surface area contributed by atoms with Crippen LogP contribution in [0.15, 0.2) is 47.5 Å². The van der Waals surface area contributed by atoms with Crippen LogP contribution >= 0.6 is 0 Å². The number of hydrogen-bond donors (Lipinski definition) is 1. The molecule has 1 aromatic heterocycles. The number of benzene rings is 1. The van der Waals surface area contributed by atoms with E-state index in [1.165, 1.54) is 25.7 Å². The smallest absolute Gasteiger partial charge is 0.354 e. The molecule has 2 saturated heterocycles. The van der Waals surface area contributed by atoms with E-state index in [0.29, 0.717) is 23.5 Å². The van der Waals surface area contributed by atoms with Crippen molar-refractivity contribution in [2.45, 2.75) is 42.9 Å². The van der Waals surface area contributed by atoms with Gasteiger partial charge in [-0.2, -0.15) is 13.2 Å². The standard InChI is InChI=1S/C25H29F3N6O5S/c1-16(35)30-21(17-9-10-29-20(15-17)32-13-11-31(4)12-14-32)34-23(37)33(22(36)24(34,2)3)18-5-7-19(8-6-18)40(38,39)25(26,27)28/h5-10,15,21H,11-14H2,1-4H3,(H,30,35). The van der Waals surface area contributed by atoms with Crippen LogP contribution < -0.4 is 15.1 Å². The summed E-state index contributed by atoms with van der Waals surface area (Å²) >= 11 is 0. The first kappa shape index (κ1) is 29.3. The van der Waals surface area contributed by atoms with Crippen LogP contribution in [0.25, 0.3) is 0 Å². The van der Waals surface area contributed by atoms with Crippen molar-refractivity contribution in [1.29, 1.82) is 0 Å². The Morgan fingerprint density at radius 2 is 1.65 bits per heavy atom. The lowest BCUT2D eigenvalue weighted by molar-refractivity contribution is -0.126. The van der Waals surface area contributed by atoms with Gasteiger partial charge in [-0.25, -0.2) is 23.1 Å². The number of aromatic nitrogens is 1. The van der Waals surface area contributed by atoms with Crippen molar-refractivity contribution in [1.82, 2.24) is 20.1 Å². The zero-order valence-electron chi connectivity index (χ0n) is 22.3. The molecule has 3 heterocycles. The van der Waals surface area contributed by atoms with Crippen molar-refractivity contribution in [3.05, 3.63) is 48.2 Å². The number of nitrogens with zero attached hydrogens (tertiary/aromatic N) is 5. The summed E-state index contributed by atoms with van der Waals surface area (Å²) in [5, 5.41) is 2.73. The Labute approximate surface area is 229 Å². The Morgan fingerprint density at radius 3 is 2.20 bits per heavy atom. The first-order valence-corrected chi connectivity index (χ1v) is 13.8. The van der Waals surface area contributed by atoms with Crippen molar-refractivity contribution in [2.75, 3.05) is 43.0 Å². The number of hydrogen-bond acceptors (Lipinski definition) is 8. The van der Waals surface area contributed by atoms with Crippen LogP contribution in [0.4, 0.5) is 29.5 Å². The van der Waals surface area contributed by atoms with E-state index in [4.69, 9.17) is 0 Å². The third-order valence-corrected chi connectivity index (χ3v) is 8.45. The summed E-state index contributed by atoms with van der Waals surface area (Å²) in [5.74, 6) is -0.554. The second-order valence-electron chi connectivity index (χ2n) is 10.1. The number of sulfone groups is 1. The maximum Gasteiger partial charge on any atom is 0.501 e. The largest absolute Gasteiger partial charge is 0.501 e. The lowest BCUT2D eigenvalue weighted by Crippen LogP contribution is -2.51. The highest BCUT2D eigenvalue weighted by atomic mass is 32.2. The minimum atomic E-state index is -5.62. The molecule has 4 rings (SSSR count).